The number of nitriles is 1. The van der Waals surface area contributed by atoms with Crippen LogP contribution in [-0.4, -0.2) is 19.2 Å². The van der Waals surface area contributed by atoms with Gasteiger partial charge in [-0.15, -0.1) is 0 Å². The zero-order chi connectivity index (χ0) is 12.7. The predicted octanol–water partition coefficient (Wildman–Crippen LogP) is 1.68. The zero-order valence-electron chi connectivity index (χ0n) is 9.42. The van der Waals surface area contributed by atoms with Gasteiger partial charge in [0.15, 0.2) is 14.7 Å². The van der Waals surface area contributed by atoms with E-state index in [4.69, 9.17) is 5.26 Å². The van der Waals surface area contributed by atoms with E-state index < -0.39 is 9.84 Å². The first kappa shape index (κ1) is 13.2. The maximum Gasteiger partial charge on any atom is 0.189 e. The van der Waals surface area contributed by atoms with E-state index in [9.17, 15) is 8.42 Å². The normalized spacial score (nSPS) is 11.9. The van der Waals surface area contributed by atoms with E-state index in [1.807, 2.05) is 0 Å². The van der Waals surface area contributed by atoms with Crippen molar-refractivity contribution < 1.29 is 8.42 Å². The Hall–Kier alpha value is -1.87. The van der Waals surface area contributed by atoms with Crippen LogP contribution in [0.15, 0.2) is 35.5 Å². The van der Waals surface area contributed by atoms with E-state index in [1.165, 1.54) is 6.20 Å². The van der Waals surface area contributed by atoms with Gasteiger partial charge in [-0.05, 0) is 18.6 Å². The summed E-state index contributed by atoms with van der Waals surface area (Å²) in [6, 6.07) is 6.86. The molecule has 0 atom stereocenters. The lowest BCUT2D eigenvalue weighted by molar-refractivity contribution is 0.601. The SMILES string of the molecule is CCCS(=O)(=O)C(C#N)=CNc1ccccn1. The van der Waals surface area contributed by atoms with Crippen LogP contribution in [-0.2, 0) is 9.84 Å². The molecule has 0 aromatic carbocycles. The average Bonchev–Trinajstić information content (AvgIpc) is 2.30. The molecule has 0 aliphatic carbocycles. The first-order chi connectivity index (χ1) is 8.10. The van der Waals surface area contributed by atoms with Gasteiger partial charge >= 0.3 is 0 Å². The van der Waals surface area contributed by atoms with Crippen molar-refractivity contribution in [2.24, 2.45) is 0 Å². The molecule has 0 radical (unpaired) electrons. The Morgan fingerprint density at radius 1 is 1.59 bits per heavy atom. The summed E-state index contributed by atoms with van der Waals surface area (Å²) in [5.41, 5.74) is 0. The molecule has 0 saturated heterocycles. The van der Waals surface area contributed by atoms with Gasteiger partial charge in [-0.2, -0.15) is 5.26 Å². The Morgan fingerprint density at radius 3 is 2.88 bits per heavy atom. The van der Waals surface area contributed by atoms with Gasteiger partial charge in [-0.3, -0.25) is 0 Å². The van der Waals surface area contributed by atoms with Crippen LogP contribution in [0.2, 0.25) is 0 Å². The molecule has 17 heavy (non-hydrogen) atoms. The molecule has 5 nitrogen and oxygen atoms in total. The molecule has 1 rings (SSSR count). The third-order valence-corrected chi connectivity index (χ3v) is 3.76. The topological polar surface area (TPSA) is 82.8 Å². The highest BCUT2D eigenvalue weighted by atomic mass is 32.2. The Labute approximate surface area is 101 Å². The molecule has 1 aromatic heterocycles. The molecule has 1 aromatic rings. The van der Waals surface area contributed by atoms with Gasteiger partial charge < -0.3 is 5.32 Å². The van der Waals surface area contributed by atoms with E-state index in [-0.39, 0.29) is 10.7 Å². The van der Waals surface area contributed by atoms with E-state index >= 15 is 0 Å². The second-order valence-corrected chi connectivity index (χ2v) is 5.38. The standard InChI is InChI=1S/C11H13N3O2S/c1-2-7-17(15,16)10(8-12)9-14-11-5-3-4-6-13-11/h3-6,9H,2,7H2,1H3,(H,13,14). The molecular weight excluding hydrogens is 238 g/mol. The molecule has 6 heteroatoms. The number of pyridine rings is 1. The van der Waals surface area contributed by atoms with Gasteiger partial charge in [0.2, 0.25) is 0 Å². The van der Waals surface area contributed by atoms with Gasteiger partial charge in [0.25, 0.3) is 0 Å². The molecule has 0 bridgehead atoms. The molecule has 1 N–H and O–H groups in total. The zero-order valence-corrected chi connectivity index (χ0v) is 10.2. The van der Waals surface area contributed by atoms with Crippen LogP contribution in [0.1, 0.15) is 13.3 Å². The number of nitrogens with one attached hydrogen (secondary N) is 1. The minimum absolute atomic E-state index is 0.0315. The molecular formula is C11H13N3O2S. The van der Waals surface area contributed by atoms with E-state index in [1.54, 1.807) is 37.4 Å². The largest absolute Gasteiger partial charge is 0.345 e. The van der Waals surface area contributed by atoms with Crippen LogP contribution in [0, 0.1) is 11.3 Å². The van der Waals surface area contributed by atoms with E-state index in [2.05, 4.69) is 10.3 Å². The number of allylic oxidation sites excluding steroid dienone is 1. The van der Waals surface area contributed by atoms with Crippen LogP contribution in [0.4, 0.5) is 5.82 Å². The predicted molar refractivity (Wildman–Crippen MR) is 65.6 cm³/mol. The number of rotatable bonds is 5. The highest BCUT2D eigenvalue weighted by Crippen LogP contribution is 2.09. The number of aromatic nitrogens is 1. The van der Waals surface area contributed by atoms with Crippen molar-refractivity contribution in [1.82, 2.24) is 4.98 Å². The molecule has 0 aliphatic heterocycles. The average molecular weight is 251 g/mol. The molecule has 0 aliphatic rings. The Bertz CT molecular complexity index is 530. The second kappa shape index (κ2) is 6.01. The molecule has 90 valence electrons. The fourth-order valence-electron chi connectivity index (χ4n) is 1.16. The van der Waals surface area contributed by atoms with Gasteiger partial charge in [-0.25, -0.2) is 13.4 Å². The minimum atomic E-state index is -3.48. The number of sulfone groups is 1. The lowest BCUT2D eigenvalue weighted by Crippen LogP contribution is -2.09. The van der Waals surface area contributed by atoms with Gasteiger partial charge in [0, 0.05) is 12.4 Å². The quantitative estimate of drug-likeness (QED) is 0.805. The third kappa shape index (κ3) is 3.89. The van der Waals surface area contributed by atoms with Crippen LogP contribution in [0.25, 0.3) is 0 Å². The van der Waals surface area contributed by atoms with Crippen LogP contribution in [0.5, 0.6) is 0 Å². The summed E-state index contributed by atoms with van der Waals surface area (Å²) in [5.74, 6) is 0.461. The lowest BCUT2D eigenvalue weighted by Gasteiger charge is -2.02. The van der Waals surface area contributed by atoms with Crippen LogP contribution >= 0.6 is 0 Å². The number of hydrogen-bond acceptors (Lipinski definition) is 5. The highest BCUT2D eigenvalue weighted by Gasteiger charge is 2.16. The van der Waals surface area contributed by atoms with Crippen LogP contribution < -0.4 is 5.32 Å². The van der Waals surface area contributed by atoms with E-state index in [0.717, 1.165) is 0 Å². The van der Waals surface area contributed by atoms with Gasteiger partial charge in [0.1, 0.15) is 11.9 Å². The van der Waals surface area contributed by atoms with Crippen molar-refractivity contribution in [1.29, 1.82) is 5.26 Å². The van der Waals surface area contributed by atoms with Crippen molar-refractivity contribution in [3.8, 4) is 6.07 Å². The summed E-state index contributed by atoms with van der Waals surface area (Å²) in [6.45, 7) is 1.75. The van der Waals surface area contributed by atoms with E-state index in [0.29, 0.717) is 12.2 Å². The smallest absolute Gasteiger partial charge is 0.189 e. The molecule has 0 fully saturated rings. The van der Waals surface area contributed by atoms with Gasteiger partial charge in [0.05, 0.1) is 5.75 Å². The maximum atomic E-state index is 11.6. The first-order valence-corrected chi connectivity index (χ1v) is 6.76. The van der Waals surface area contributed by atoms with Gasteiger partial charge in [-0.1, -0.05) is 13.0 Å². The molecule has 0 unspecified atom stereocenters. The number of hydrogen-bond donors (Lipinski definition) is 1. The monoisotopic (exact) mass is 251 g/mol. The fraction of sp³-hybridized carbons (Fsp3) is 0.273. The summed E-state index contributed by atoms with van der Waals surface area (Å²) < 4.78 is 23.3. The van der Waals surface area contributed by atoms with Crippen molar-refractivity contribution >= 4 is 15.7 Å². The first-order valence-electron chi connectivity index (χ1n) is 5.10. The summed E-state index contributed by atoms with van der Waals surface area (Å²) >= 11 is 0. The third-order valence-electron chi connectivity index (χ3n) is 1.93. The fourth-order valence-corrected chi connectivity index (χ4v) is 2.29. The number of anilines is 1. The molecule has 0 spiro atoms. The second-order valence-electron chi connectivity index (χ2n) is 3.30. The van der Waals surface area contributed by atoms with Crippen LogP contribution in [0.3, 0.4) is 0 Å². The molecule has 0 saturated carbocycles. The minimum Gasteiger partial charge on any atom is -0.345 e. The maximum absolute atomic E-state index is 11.6. The Kier molecular flexibility index (Phi) is 4.67. The van der Waals surface area contributed by atoms with Crippen molar-refractivity contribution in [2.75, 3.05) is 11.1 Å². The molecule has 0 amide bonds. The summed E-state index contributed by atoms with van der Waals surface area (Å²) in [7, 11) is -3.48. The highest BCUT2D eigenvalue weighted by molar-refractivity contribution is 7.95. The van der Waals surface area contributed by atoms with Crippen molar-refractivity contribution in [3.63, 3.8) is 0 Å². The number of nitrogens with zero attached hydrogens (tertiary/aromatic N) is 2. The summed E-state index contributed by atoms with van der Waals surface area (Å²) in [5, 5.41) is 11.5. The summed E-state index contributed by atoms with van der Waals surface area (Å²) in [4.78, 5) is 3.68. The lowest BCUT2D eigenvalue weighted by atomic mass is 10.5. The Morgan fingerprint density at radius 2 is 2.35 bits per heavy atom. The Balaban J connectivity index is 2.87. The van der Waals surface area contributed by atoms with Crippen molar-refractivity contribution in [2.45, 2.75) is 13.3 Å². The van der Waals surface area contributed by atoms with Crippen molar-refractivity contribution in [3.05, 3.63) is 35.5 Å². The molecule has 1 heterocycles. The summed E-state index contributed by atoms with van der Waals surface area (Å²) in [6.07, 6.45) is 3.22.